The second-order valence-corrected chi connectivity index (χ2v) is 9.04. The van der Waals surface area contributed by atoms with Gasteiger partial charge >= 0.3 is 0 Å². The van der Waals surface area contributed by atoms with Crippen LogP contribution in [0.2, 0.25) is 5.02 Å². The number of sulfonamides is 1. The van der Waals surface area contributed by atoms with E-state index < -0.39 is 34.2 Å². The minimum absolute atomic E-state index is 0.0264. The first-order valence-electron chi connectivity index (χ1n) is 9.27. The number of hydrogen-bond donors (Lipinski definition) is 2. The zero-order valence-electron chi connectivity index (χ0n) is 16.8. The maximum Gasteiger partial charge on any atom is 0.253 e. The van der Waals surface area contributed by atoms with E-state index in [4.69, 9.17) is 16.0 Å². The third-order valence-electron chi connectivity index (χ3n) is 4.33. The fraction of sp³-hybridized carbons (Fsp3) is 0.143. The molecule has 0 saturated heterocycles. The van der Waals surface area contributed by atoms with Crippen molar-refractivity contribution < 1.29 is 26.8 Å². The van der Waals surface area contributed by atoms with Gasteiger partial charge < -0.3 is 15.1 Å². The van der Waals surface area contributed by atoms with Crippen molar-refractivity contribution in [3.63, 3.8) is 0 Å². The predicted molar refractivity (Wildman–Crippen MR) is 119 cm³/mol. The minimum Gasteiger partial charge on any atom is -0.467 e. The van der Waals surface area contributed by atoms with Crippen LogP contribution in [0.15, 0.2) is 65.3 Å². The minimum atomic E-state index is -3.89. The number of nitrogens with one attached hydrogen (secondary N) is 2. The number of carbonyl (C=O) groups excluding carboxylic acids is 2. The summed E-state index contributed by atoms with van der Waals surface area (Å²) >= 11 is 5.75. The summed E-state index contributed by atoms with van der Waals surface area (Å²) in [6.45, 7) is -0.454. The van der Waals surface area contributed by atoms with Crippen molar-refractivity contribution in [3.8, 4) is 0 Å². The Balaban J connectivity index is 1.75. The summed E-state index contributed by atoms with van der Waals surface area (Å²) in [4.78, 5) is 25.2. The molecule has 168 valence electrons. The average molecular weight is 480 g/mol. The molecule has 11 heteroatoms. The molecule has 0 aliphatic heterocycles. The van der Waals surface area contributed by atoms with Crippen LogP contribution in [0.4, 0.5) is 15.8 Å². The summed E-state index contributed by atoms with van der Waals surface area (Å²) in [5.41, 5.74) is 0.404. The molecule has 0 saturated carbocycles. The number of benzene rings is 2. The first kappa shape index (κ1) is 23.3. The molecule has 0 aliphatic rings. The van der Waals surface area contributed by atoms with Gasteiger partial charge in [0.15, 0.2) is 0 Å². The number of para-hydroxylation sites is 1. The normalized spacial score (nSPS) is 11.1. The van der Waals surface area contributed by atoms with Crippen LogP contribution in [0.5, 0.6) is 0 Å². The zero-order chi connectivity index (χ0) is 23.3. The molecule has 2 N–H and O–H groups in total. The van der Waals surface area contributed by atoms with Crippen molar-refractivity contribution >= 4 is 44.8 Å². The Bertz CT molecular complexity index is 1230. The SMILES string of the molecule is CS(=O)(=O)N(CC(=O)Nc1ccccc1C(=O)NCc1ccco1)c1ccc(F)c(Cl)c1. The summed E-state index contributed by atoms with van der Waals surface area (Å²) in [6.07, 6.45) is 2.39. The first-order chi connectivity index (χ1) is 15.1. The van der Waals surface area contributed by atoms with Gasteiger partial charge in [-0.1, -0.05) is 23.7 Å². The van der Waals surface area contributed by atoms with Crippen LogP contribution in [-0.4, -0.2) is 33.0 Å². The van der Waals surface area contributed by atoms with Gasteiger partial charge in [-0.3, -0.25) is 13.9 Å². The maximum absolute atomic E-state index is 13.5. The maximum atomic E-state index is 13.5. The van der Waals surface area contributed by atoms with Gasteiger partial charge in [0.05, 0.1) is 41.0 Å². The lowest BCUT2D eigenvalue weighted by molar-refractivity contribution is -0.114. The van der Waals surface area contributed by atoms with Crippen molar-refractivity contribution in [2.45, 2.75) is 6.54 Å². The Morgan fingerprint density at radius 2 is 1.88 bits per heavy atom. The van der Waals surface area contributed by atoms with Gasteiger partial charge in [-0.25, -0.2) is 12.8 Å². The predicted octanol–water partition coefficient (Wildman–Crippen LogP) is 3.41. The second-order valence-electron chi connectivity index (χ2n) is 6.72. The van der Waals surface area contributed by atoms with Crippen LogP contribution in [0.25, 0.3) is 0 Å². The Hall–Kier alpha value is -3.37. The second kappa shape index (κ2) is 9.84. The summed E-state index contributed by atoms with van der Waals surface area (Å²) in [5, 5.41) is 4.94. The Morgan fingerprint density at radius 3 is 2.53 bits per heavy atom. The highest BCUT2D eigenvalue weighted by atomic mass is 35.5. The molecule has 2 aromatic carbocycles. The van der Waals surface area contributed by atoms with Crippen molar-refractivity contribution in [1.82, 2.24) is 5.32 Å². The van der Waals surface area contributed by atoms with Gasteiger partial charge in [-0.15, -0.1) is 0 Å². The molecule has 0 atom stereocenters. The highest BCUT2D eigenvalue weighted by molar-refractivity contribution is 7.92. The van der Waals surface area contributed by atoms with Gasteiger partial charge in [0.1, 0.15) is 18.1 Å². The number of rotatable bonds is 8. The van der Waals surface area contributed by atoms with Gasteiger partial charge in [-0.05, 0) is 42.5 Å². The monoisotopic (exact) mass is 479 g/mol. The third-order valence-corrected chi connectivity index (χ3v) is 5.76. The van der Waals surface area contributed by atoms with E-state index in [1.165, 1.54) is 24.5 Å². The largest absolute Gasteiger partial charge is 0.467 e. The molecule has 0 aliphatic carbocycles. The van der Waals surface area contributed by atoms with Crippen molar-refractivity contribution in [2.24, 2.45) is 0 Å². The molecule has 0 radical (unpaired) electrons. The molecule has 0 bridgehead atoms. The van der Waals surface area contributed by atoms with E-state index in [2.05, 4.69) is 10.6 Å². The van der Waals surface area contributed by atoms with E-state index in [-0.39, 0.29) is 28.5 Å². The van der Waals surface area contributed by atoms with Crippen LogP contribution in [0.1, 0.15) is 16.1 Å². The molecule has 0 unspecified atom stereocenters. The Labute approximate surface area is 189 Å². The molecular formula is C21H19ClFN3O5S. The highest BCUT2D eigenvalue weighted by Gasteiger charge is 2.23. The van der Waals surface area contributed by atoms with Crippen LogP contribution in [0, 0.1) is 5.82 Å². The quantitative estimate of drug-likeness (QED) is 0.514. The van der Waals surface area contributed by atoms with Gasteiger partial charge in [0.2, 0.25) is 15.9 Å². The summed E-state index contributed by atoms with van der Waals surface area (Å²) in [5.74, 6) is -1.32. The molecule has 3 aromatic rings. The van der Waals surface area contributed by atoms with Crippen LogP contribution < -0.4 is 14.9 Å². The number of amides is 2. The van der Waals surface area contributed by atoms with Gasteiger partial charge in [0.25, 0.3) is 5.91 Å². The lowest BCUT2D eigenvalue weighted by Gasteiger charge is -2.22. The standard InChI is InChI=1S/C21H19ClFN3O5S/c1-32(29,30)26(14-8-9-18(23)17(22)11-14)13-20(27)25-19-7-3-2-6-16(19)21(28)24-12-15-5-4-10-31-15/h2-11H,12-13H2,1H3,(H,24,28)(H,25,27). The number of carbonyl (C=O) groups is 2. The molecule has 32 heavy (non-hydrogen) atoms. The summed E-state index contributed by atoms with van der Waals surface area (Å²) in [6, 6.07) is 13.0. The molecule has 8 nitrogen and oxygen atoms in total. The highest BCUT2D eigenvalue weighted by Crippen LogP contribution is 2.24. The molecule has 0 spiro atoms. The fourth-order valence-corrected chi connectivity index (χ4v) is 3.85. The van der Waals surface area contributed by atoms with E-state index >= 15 is 0 Å². The van der Waals surface area contributed by atoms with E-state index in [1.54, 1.807) is 24.3 Å². The fourth-order valence-electron chi connectivity index (χ4n) is 2.83. The molecule has 2 amide bonds. The van der Waals surface area contributed by atoms with Crippen LogP contribution >= 0.6 is 11.6 Å². The lowest BCUT2D eigenvalue weighted by atomic mass is 10.1. The van der Waals surface area contributed by atoms with E-state index in [1.807, 2.05) is 0 Å². The van der Waals surface area contributed by atoms with Crippen molar-refractivity contribution in [1.29, 1.82) is 0 Å². The number of anilines is 2. The van der Waals surface area contributed by atoms with Crippen LogP contribution in [0.3, 0.4) is 0 Å². The lowest BCUT2D eigenvalue weighted by Crippen LogP contribution is -2.37. The van der Waals surface area contributed by atoms with Gasteiger partial charge in [0, 0.05) is 0 Å². The molecular weight excluding hydrogens is 461 g/mol. The summed E-state index contributed by atoms with van der Waals surface area (Å²) in [7, 11) is -3.89. The molecule has 3 rings (SSSR count). The number of halogens is 2. The molecule has 1 heterocycles. The third kappa shape index (κ3) is 5.86. The number of furan rings is 1. The van der Waals surface area contributed by atoms with E-state index in [9.17, 15) is 22.4 Å². The van der Waals surface area contributed by atoms with Crippen LogP contribution in [-0.2, 0) is 21.4 Å². The Morgan fingerprint density at radius 1 is 1.12 bits per heavy atom. The Kier molecular flexibility index (Phi) is 7.16. The molecule has 1 aromatic heterocycles. The number of nitrogens with zero attached hydrogens (tertiary/aromatic N) is 1. The number of hydrogen-bond acceptors (Lipinski definition) is 5. The van der Waals surface area contributed by atoms with E-state index in [0.29, 0.717) is 5.76 Å². The smallest absolute Gasteiger partial charge is 0.253 e. The van der Waals surface area contributed by atoms with Crippen molar-refractivity contribution in [3.05, 3.63) is 83.0 Å². The van der Waals surface area contributed by atoms with Crippen molar-refractivity contribution in [2.75, 3.05) is 22.4 Å². The topological polar surface area (TPSA) is 109 Å². The first-order valence-corrected chi connectivity index (χ1v) is 11.5. The average Bonchev–Trinajstić information content (AvgIpc) is 3.26. The molecule has 0 fully saturated rings. The zero-order valence-corrected chi connectivity index (χ0v) is 18.4. The van der Waals surface area contributed by atoms with Gasteiger partial charge in [-0.2, -0.15) is 0 Å². The summed E-state index contributed by atoms with van der Waals surface area (Å²) < 4.78 is 43.9. The van der Waals surface area contributed by atoms with E-state index in [0.717, 1.165) is 22.7 Å².